The van der Waals surface area contributed by atoms with Crippen LogP contribution in [-0.4, -0.2) is 28.4 Å². The fourth-order valence-corrected chi connectivity index (χ4v) is 4.19. The molecule has 1 atom stereocenters. The van der Waals surface area contributed by atoms with Crippen LogP contribution in [0.5, 0.6) is 0 Å². The van der Waals surface area contributed by atoms with Gasteiger partial charge in [0, 0.05) is 41.9 Å². The lowest BCUT2D eigenvalue weighted by atomic mass is 10.1. The zero-order valence-electron chi connectivity index (χ0n) is 13.6. The van der Waals surface area contributed by atoms with E-state index in [-0.39, 0.29) is 11.9 Å². The van der Waals surface area contributed by atoms with Gasteiger partial charge in [-0.3, -0.25) is 0 Å². The van der Waals surface area contributed by atoms with Gasteiger partial charge in [-0.25, -0.2) is 13.3 Å². The third-order valence-corrected chi connectivity index (χ3v) is 5.77. The van der Waals surface area contributed by atoms with Gasteiger partial charge in [-0.2, -0.15) is 0 Å². The van der Waals surface area contributed by atoms with Gasteiger partial charge >= 0.3 is 0 Å². The molecule has 2 N–H and O–H groups in total. The second-order valence-electron chi connectivity index (χ2n) is 6.19. The van der Waals surface area contributed by atoms with E-state index in [4.69, 9.17) is 4.74 Å². The smallest absolute Gasteiger partial charge is 0.125 e. The Morgan fingerprint density at radius 1 is 1.12 bits per heavy atom. The number of hydrogen-bond donors (Lipinski definition) is 2. The SMILES string of the molecule is O=S(NC1CCOCC1)c1ccc(-c2c[nH]c3cc(F)ccc23)cc1. The van der Waals surface area contributed by atoms with E-state index in [1.807, 2.05) is 30.5 Å². The van der Waals surface area contributed by atoms with Gasteiger partial charge in [0.25, 0.3) is 0 Å². The lowest BCUT2D eigenvalue weighted by Gasteiger charge is -2.22. The molecule has 0 saturated carbocycles. The van der Waals surface area contributed by atoms with Crippen molar-refractivity contribution in [3.63, 3.8) is 0 Å². The summed E-state index contributed by atoms with van der Waals surface area (Å²) in [4.78, 5) is 3.85. The summed E-state index contributed by atoms with van der Waals surface area (Å²) in [5, 5.41) is 0.968. The molecule has 1 aliphatic heterocycles. The van der Waals surface area contributed by atoms with Crippen LogP contribution in [0, 0.1) is 5.82 Å². The molecule has 0 bridgehead atoms. The predicted octanol–water partition coefficient (Wildman–Crippen LogP) is 3.77. The van der Waals surface area contributed by atoms with Crippen LogP contribution in [0.15, 0.2) is 53.6 Å². The lowest BCUT2D eigenvalue weighted by molar-refractivity contribution is 0.0835. The average molecular weight is 358 g/mol. The van der Waals surface area contributed by atoms with Crippen molar-refractivity contribution in [2.75, 3.05) is 13.2 Å². The van der Waals surface area contributed by atoms with Crippen molar-refractivity contribution in [1.82, 2.24) is 9.71 Å². The van der Waals surface area contributed by atoms with E-state index in [9.17, 15) is 8.60 Å². The molecule has 0 radical (unpaired) electrons. The van der Waals surface area contributed by atoms with Gasteiger partial charge in [-0.15, -0.1) is 0 Å². The number of rotatable bonds is 4. The summed E-state index contributed by atoms with van der Waals surface area (Å²) < 4.78 is 34.3. The normalized spacial score (nSPS) is 17.0. The summed E-state index contributed by atoms with van der Waals surface area (Å²) in [6.45, 7) is 1.43. The first-order chi connectivity index (χ1) is 12.2. The number of ether oxygens (including phenoxy) is 1. The second-order valence-corrected chi connectivity index (χ2v) is 7.43. The first-order valence-corrected chi connectivity index (χ1v) is 9.48. The topological polar surface area (TPSA) is 54.1 Å². The zero-order chi connectivity index (χ0) is 17.2. The summed E-state index contributed by atoms with van der Waals surface area (Å²) in [5.41, 5.74) is 2.78. The number of hydrogen-bond acceptors (Lipinski definition) is 2. The van der Waals surface area contributed by atoms with Crippen molar-refractivity contribution < 1.29 is 13.3 Å². The molecule has 1 unspecified atom stereocenters. The molecule has 6 heteroatoms. The fourth-order valence-electron chi connectivity index (χ4n) is 3.13. The second kappa shape index (κ2) is 7.07. The molecular weight excluding hydrogens is 339 g/mol. The maximum atomic E-state index is 13.3. The minimum Gasteiger partial charge on any atom is -0.381 e. The van der Waals surface area contributed by atoms with Crippen LogP contribution in [0.25, 0.3) is 22.0 Å². The minimum absolute atomic E-state index is 0.234. The molecule has 2 aromatic carbocycles. The van der Waals surface area contributed by atoms with Gasteiger partial charge in [-0.05, 0) is 48.7 Å². The lowest BCUT2D eigenvalue weighted by Crippen LogP contribution is -2.35. The molecule has 0 spiro atoms. The predicted molar refractivity (Wildman–Crippen MR) is 97.1 cm³/mol. The molecule has 0 amide bonds. The number of fused-ring (bicyclic) bond motifs is 1. The van der Waals surface area contributed by atoms with Crippen molar-refractivity contribution in [3.8, 4) is 11.1 Å². The summed E-state index contributed by atoms with van der Waals surface area (Å²) in [6, 6.07) is 12.6. The van der Waals surface area contributed by atoms with Crippen LogP contribution < -0.4 is 4.72 Å². The Kier molecular flexibility index (Phi) is 4.65. The van der Waals surface area contributed by atoms with Crippen LogP contribution >= 0.6 is 0 Å². The summed E-state index contributed by atoms with van der Waals surface area (Å²) in [7, 11) is -1.23. The van der Waals surface area contributed by atoms with E-state index < -0.39 is 11.0 Å². The summed E-state index contributed by atoms with van der Waals surface area (Å²) >= 11 is 0. The van der Waals surface area contributed by atoms with Crippen molar-refractivity contribution >= 4 is 21.9 Å². The molecule has 130 valence electrons. The van der Waals surface area contributed by atoms with Gasteiger partial charge in [0.1, 0.15) is 16.8 Å². The van der Waals surface area contributed by atoms with E-state index in [0.29, 0.717) is 0 Å². The number of halogens is 1. The summed E-state index contributed by atoms with van der Waals surface area (Å²) in [6.07, 6.45) is 3.64. The number of aromatic nitrogens is 1. The van der Waals surface area contributed by atoms with Crippen LogP contribution in [0.2, 0.25) is 0 Å². The Morgan fingerprint density at radius 2 is 1.88 bits per heavy atom. The van der Waals surface area contributed by atoms with Crippen LogP contribution in [0.3, 0.4) is 0 Å². The van der Waals surface area contributed by atoms with E-state index >= 15 is 0 Å². The maximum absolute atomic E-state index is 13.3. The van der Waals surface area contributed by atoms with E-state index in [2.05, 4.69) is 9.71 Å². The molecule has 2 heterocycles. The average Bonchev–Trinajstić information content (AvgIpc) is 3.05. The Labute approximate surface area is 148 Å². The van der Waals surface area contributed by atoms with Gasteiger partial charge < -0.3 is 9.72 Å². The highest BCUT2D eigenvalue weighted by atomic mass is 32.2. The Balaban J connectivity index is 1.53. The molecule has 1 aromatic heterocycles. The quantitative estimate of drug-likeness (QED) is 0.746. The van der Waals surface area contributed by atoms with Crippen molar-refractivity contribution in [3.05, 3.63) is 54.5 Å². The highest BCUT2D eigenvalue weighted by molar-refractivity contribution is 7.83. The van der Waals surface area contributed by atoms with Gasteiger partial charge in [0.15, 0.2) is 0 Å². The Hall–Kier alpha value is -2.02. The Morgan fingerprint density at radius 3 is 2.64 bits per heavy atom. The van der Waals surface area contributed by atoms with Crippen LogP contribution in [0.1, 0.15) is 12.8 Å². The monoisotopic (exact) mass is 358 g/mol. The summed E-state index contributed by atoms with van der Waals surface area (Å²) in [5.74, 6) is -0.258. The fraction of sp³-hybridized carbons (Fsp3) is 0.263. The first kappa shape index (κ1) is 16.4. The molecule has 0 aliphatic carbocycles. The van der Waals surface area contributed by atoms with Gasteiger partial charge in [0.2, 0.25) is 0 Å². The van der Waals surface area contributed by atoms with Gasteiger partial charge in [-0.1, -0.05) is 12.1 Å². The molecule has 1 fully saturated rings. The number of benzene rings is 2. The third kappa shape index (κ3) is 3.51. The molecule has 25 heavy (non-hydrogen) atoms. The minimum atomic E-state index is -1.23. The number of H-pyrrole nitrogens is 1. The third-order valence-electron chi connectivity index (χ3n) is 4.52. The van der Waals surface area contributed by atoms with E-state index in [1.54, 1.807) is 6.07 Å². The van der Waals surface area contributed by atoms with Crippen molar-refractivity contribution in [2.45, 2.75) is 23.8 Å². The number of aromatic amines is 1. The van der Waals surface area contributed by atoms with Gasteiger partial charge in [0.05, 0.1) is 4.90 Å². The van der Waals surface area contributed by atoms with Crippen molar-refractivity contribution in [2.24, 2.45) is 0 Å². The van der Waals surface area contributed by atoms with Crippen molar-refractivity contribution in [1.29, 1.82) is 0 Å². The highest BCUT2D eigenvalue weighted by Gasteiger charge is 2.16. The molecular formula is C19H19FN2O2S. The number of nitrogens with one attached hydrogen (secondary N) is 2. The van der Waals surface area contributed by atoms with E-state index in [0.717, 1.165) is 53.0 Å². The molecule has 4 rings (SSSR count). The molecule has 1 aliphatic rings. The van der Waals surface area contributed by atoms with Crippen LogP contribution in [0.4, 0.5) is 4.39 Å². The maximum Gasteiger partial charge on any atom is 0.125 e. The van der Waals surface area contributed by atoms with Crippen LogP contribution in [-0.2, 0) is 15.7 Å². The molecule has 1 saturated heterocycles. The zero-order valence-corrected chi connectivity index (χ0v) is 14.4. The standard InChI is InChI=1S/C19H19FN2O2S/c20-14-3-6-17-18(12-21-19(17)11-14)13-1-4-16(5-2-13)25(23)22-15-7-9-24-10-8-15/h1-6,11-12,15,21-22H,7-10H2. The highest BCUT2D eigenvalue weighted by Crippen LogP contribution is 2.29. The molecule has 3 aromatic rings. The molecule has 4 nitrogen and oxygen atoms in total. The first-order valence-electron chi connectivity index (χ1n) is 8.33. The Bertz CT molecular complexity index is 901. The largest absolute Gasteiger partial charge is 0.381 e. The van der Waals surface area contributed by atoms with E-state index in [1.165, 1.54) is 12.1 Å².